The summed E-state index contributed by atoms with van der Waals surface area (Å²) in [5.41, 5.74) is 0.384. The predicted molar refractivity (Wildman–Crippen MR) is 109 cm³/mol. The number of rotatable bonds is 5. The Morgan fingerprint density at radius 3 is 2.22 bits per heavy atom. The average molecular weight is 423 g/mol. The minimum absolute atomic E-state index is 0.0895. The molecule has 1 atom stereocenters. The van der Waals surface area contributed by atoms with Crippen LogP contribution in [0.4, 0.5) is 5.69 Å². The summed E-state index contributed by atoms with van der Waals surface area (Å²) in [6, 6.07) is 15.8. The van der Waals surface area contributed by atoms with Crippen LogP contribution in [0.3, 0.4) is 0 Å². The van der Waals surface area contributed by atoms with Gasteiger partial charge in [0.1, 0.15) is 0 Å². The van der Waals surface area contributed by atoms with Crippen molar-refractivity contribution in [3.8, 4) is 0 Å². The molecule has 1 amide bonds. The van der Waals surface area contributed by atoms with Crippen LogP contribution in [0.2, 0.25) is 10.0 Å². The molecule has 0 saturated carbocycles. The number of fused-ring (bicyclic) bond motifs is 1. The van der Waals surface area contributed by atoms with E-state index in [2.05, 4.69) is 10.0 Å². The van der Waals surface area contributed by atoms with Gasteiger partial charge in [0.05, 0.1) is 10.9 Å². The van der Waals surface area contributed by atoms with Crippen LogP contribution in [-0.4, -0.2) is 20.4 Å². The maximum absolute atomic E-state index is 12.6. The van der Waals surface area contributed by atoms with E-state index in [0.29, 0.717) is 15.7 Å². The highest BCUT2D eigenvalue weighted by Crippen LogP contribution is 2.23. The van der Waals surface area contributed by atoms with Crippen molar-refractivity contribution in [2.75, 3.05) is 5.32 Å². The summed E-state index contributed by atoms with van der Waals surface area (Å²) in [6.45, 7) is 1.46. The standard InChI is InChI=1S/C19H16Cl2N2O3S/c1-12(19(24)22-17-10-15(20)9-16(21)11-17)23-27(25,26)18-7-6-13-4-2-3-5-14(13)8-18/h2-12,23H,1H3,(H,22,24)/t12-/m1/s1. The van der Waals surface area contributed by atoms with Gasteiger partial charge < -0.3 is 5.32 Å². The van der Waals surface area contributed by atoms with Crippen LogP contribution < -0.4 is 10.0 Å². The van der Waals surface area contributed by atoms with Crippen LogP contribution in [0.25, 0.3) is 10.8 Å². The molecule has 0 unspecified atom stereocenters. The molecule has 5 nitrogen and oxygen atoms in total. The van der Waals surface area contributed by atoms with Crippen LogP contribution in [-0.2, 0) is 14.8 Å². The molecule has 0 fully saturated rings. The highest BCUT2D eigenvalue weighted by Gasteiger charge is 2.22. The molecule has 2 N–H and O–H groups in total. The normalized spacial score (nSPS) is 12.7. The zero-order valence-electron chi connectivity index (χ0n) is 14.2. The zero-order chi connectivity index (χ0) is 19.6. The molecule has 3 aromatic carbocycles. The number of halogens is 2. The minimum atomic E-state index is -3.87. The fourth-order valence-corrected chi connectivity index (χ4v) is 4.33. The van der Waals surface area contributed by atoms with Crippen molar-refractivity contribution in [2.24, 2.45) is 0 Å². The molecule has 27 heavy (non-hydrogen) atoms. The van der Waals surface area contributed by atoms with E-state index in [1.165, 1.54) is 31.2 Å². The Kier molecular flexibility index (Phi) is 5.72. The Balaban J connectivity index is 1.76. The maximum Gasteiger partial charge on any atom is 0.242 e. The van der Waals surface area contributed by atoms with Gasteiger partial charge in [-0.1, -0.05) is 53.5 Å². The minimum Gasteiger partial charge on any atom is -0.325 e. The van der Waals surface area contributed by atoms with Crippen molar-refractivity contribution in [2.45, 2.75) is 17.9 Å². The first kappa shape index (κ1) is 19.6. The molecule has 3 rings (SSSR count). The van der Waals surface area contributed by atoms with E-state index in [4.69, 9.17) is 23.2 Å². The van der Waals surface area contributed by atoms with Gasteiger partial charge in [0, 0.05) is 15.7 Å². The van der Waals surface area contributed by atoms with Crippen LogP contribution in [0.15, 0.2) is 65.6 Å². The van der Waals surface area contributed by atoms with Crippen molar-refractivity contribution in [1.29, 1.82) is 0 Å². The third kappa shape index (κ3) is 4.78. The summed E-state index contributed by atoms with van der Waals surface area (Å²) in [6.07, 6.45) is 0. The van der Waals surface area contributed by atoms with E-state index >= 15 is 0 Å². The van der Waals surface area contributed by atoms with Crippen molar-refractivity contribution in [3.05, 3.63) is 70.7 Å². The SMILES string of the molecule is C[C@@H](NS(=O)(=O)c1ccc2ccccc2c1)C(=O)Nc1cc(Cl)cc(Cl)c1. The number of carbonyl (C=O) groups excluding carboxylic acids is 1. The Labute approximate surface area is 167 Å². The van der Waals surface area contributed by atoms with Gasteiger partial charge >= 0.3 is 0 Å². The van der Waals surface area contributed by atoms with E-state index in [0.717, 1.165) is 10.8 Å². The molecular weight excluding hydrogens is 407 g/mol. The summed E-state index contributed by atoms with van der Waals surface area (Å²) in [5.74, 6) is -0.530. The van der Waals surface area contributed by atoms with E-state index in [1.54, 1.807) is 12.1 Å². The maximum atomic E-state index is 12.6. The largest absolute Gasteiger partial charge is 0.325 e. The van der Waals surface area contributed by atoms with E-state index in [9.17, 15) is 13.2 Å². The molecule has 0 radical (unpaired) electrons. The number of carbonyl (C=O) groups is 1. The summed E-state index contributed by atoms with van der Waals surface area (Å²) < 4.78 is 27.6. The molecule has 3 aromatic rings. The lowest BCUT2D eigenvalue weighted by molar-refractivity contribution is -0.117. The smallest absolute Gasteiger partial charge is 0.242 e. The van der Waals surface area contributed by atoms with Crippen LogP contribution in [0, 0.1) is 0 Å². The fraction of sp³-hybridized carbons (Fsp3) is 0.105. The highest BCUT2D eigenvalue weighted by atomic mass is 35.5. The second kappa shape index (κ2) is 7.86. The molecule has 0 saturated heterocycles. The van der Waals surface area contributed by atoms with Gasteiger partial charge in [-0.25, -0.2) is 8.42 Å². The lowest BCUT2D eigenvalue weighted by Gasteiger charge is -2.15. The first-order valence-corrected chi connectivity index (χ1v) is 10.3. The summed E-state index contributed by atoms with van der Waals surface area (Å²) >= 11 is 11.8. The number of benzene rings is 3. The Morgan fingerprint density at radius 2 is 1.56 bits per heavy atom. The number of sulfonamides is 1. The average Bonchev–Trinajstić information content (AvgIpc) is 2.60. The second-order valence-electron chi connectivity index (χ2n) is 6.00. The molecule has 8 heteroatoms. The number of hydrogen-bond donors (Lipinski definition) is 2. The van der Waals surface area contributed by atoms with Crippen LogP contribution in [0.5, 0.6) is 0 Å². The number of anilines is 1. The first-order chi connectivity index (χ1) is 12.7. The first-order valence-electron chi connectivity index (χ1n) is 8.03. The predicted octanol–water partition coefficient (Wildman–Crippen LogP) is 4.45. The van der Waals surface area contributed by atoms with Gasteiger partial charge in [0.15, 0.2) is 0 Å². The molecule has 0 aliphatic heterocycles. The van der Waals surface area contributed by atoms with Gasteiger partial charge in [0.2, 0.25) is 15.9 Å². The second-order valence-corrected chi connectivity index (χ2v) is 8.59. The monoisotopic (exact) mass is 422 g/mol. The third-order valence-corrected chi connectivity index (χ3v) is 5.86. The summed E-state index contributed by atoms with van der Waals surface area (Å²) in [4.78, 5) is 12.4. The highest BCUT2D eigenvalue weighted by molar-refractivity contribution is 7.89. The topological polar surface area (TPSA) is 75.3 Å². The van der Waals surface area contributed by atoms with Crippen molar-refractivity contribution < 1.29 is 13.2 Å². The number of hydrogen-bond acceptors (Lipinski definition) is 3. The number of nitrogens with one attached hydrogen (secondary N) is 2. The third-order valence-electron chi connectivity index (χ3n) is 3.89. The van der Waals surface area contributed by atoms with E-state index in [-0.39, 0.29) is 4.90 Å². The number of amides is 1. The van der Waals surface area contributed by atoms with Gasteiger partial charge in [-0.05, 0) is 48.0 Å². The van der Waals surface area contributed by atoms with Crippen molar-refractivity contribution >= 4 is 55.6 Å². The van der Waals surface area contributed by atoms with Crippen molar-refractivity contribution in [1.82, 2.24) is 4.72 Å². The zero-order valence-corrected chi connectivity index (χ0v) is 16.6. The fourth-order valence-electron chi connectivity index (χ4n) is 2.57. The van der Waals surface area contributed by atoms with E-state index < -0.39 is 22.0 Å². The molecule has 0 heterocycles. The molecule has 0 aliphatic carbocycles. The molecule has 0 spiro atoms. The lowest BCUT2D eigenvalue weighted by atomic mass is 10.1. The van der Waals surface area contributed by atoms with Gasteiger partial charge in [-0.15, -0.1) is 0 Å². The van der Waals surface area contributed by atoms with Gasteiger partial charge in [0.25, 0.3) is 0 Å². The van der Waals surface area contributed by atoms with Gasteiger partial charge in [-0.2, -0.15) is 4.72 Å². The van der Waals surface area contributed by atoms with Gasteiger partial charge in [-0.3, -0.25) is 4.79 Å². The Bertz CT molecular complexity index is 1100. The Hall–Kier alpha value is -2.12. The molecule has 0 bridgehead atoms. The molecule has 140 valence electrons. The van der Waals surface area contributed by atoms with Crippen LogP contribution >= 0.6 is 23.2 Å². The molecule has 0 aliphatic rings. The quantitative estimate of drug-likeness (QED) is 0.637. The van der Waals surface area contributed by atoms with Crippen molar-refractivity contribution in [3.63, 3.8) is 0 Å². The molecule has 0 aromatic heterocycles. The lowest BCUT2D eigenvalue weighted by Crippen LogP contribution is -2.41. The van der Waals surface area contributed by atoms with Crippen LogP contribution in [0.1, 0.15) is 6.92 Å². The molecular formula is C19H16Cl2N2O3S. The van der Waals surface area contributed by atoms with E-state index in [1.807, 2.05) is 24.3 Å². The summed E-state index contributed by atoms with van der Waals surface area (Å²) in [7, 11) is -3.87. The Morgan fingerprint density at radius 1 is 0.926 bits per heavy atom. The summed E-state index contributed by atoms with van der Waals surface area (Å²) in [5, 5.41) is 5.05.